The third-order valence-corrected chi connectivity index (χ3v) is 6.21. The van der Waals surface area contributed by atoms with Gasteiger partial charge in [0, 0.05) is 24.3 Å². The smallest absolute Gasteiger partial charge is 0.119 e. The van der Waals surface area contributed by atoms with Crippen LogP contribution in [0.4, 0.5) is 0 Å². The lowest BCUT2D eigenvalue weighted by Gasteiger charge is -2.24. The fourth-order valence-corrected chi connectivity index (χ4v) is 4.62. The van der Waals surface area contributed by atoms with E-state index in [-0.39, 0.29) is 0 Å². The topological polar surface area (TPSA) is 38.2 Å². The van der Waals surface area contributed by atoms with Gasteiger partial charge in [0.25, 0.3) is 0 Å². The second kappa shape index (κ2) is 8.86. The van der Waals surface area contributed by atoms with Crippen LogP contribution in [0, 0.1) is 0 Å². The maximum absolute atomic E-state index is 5.34. The minimum atomic E-state index is 0.373. The maximum Gasteiger partial charge on any atom is 0.119 e. The highest BCUT2D eigenvalue weighted by molar-refractivity contribution is 5.81. The van der Waals surface area contributed by atoms with Gasteiger partial charge in [-0.05, 0) is 72.8 Å². The van der Waals surface area contributed by atoms with Crippen molar-refractivity contribution in [3.63, 3.8) is 0 Å². The van der Waals surface area contributed by atoms with E-state index in [1.165, 1.54) is 34.2 Å². The summed E-state index contributed by atoms with van der Waals surface area (Å²) >= 11 is 0. The molecule has 4 aromatic rings. The third kappa shape index (κ3) is 4.30. The molecule has 1 aliphatic rings. The molecule has 0 saturated carbocycles. The summed E-state index contributed by atoms with van der Waals surface area (Å²) in [6.07, 6.45) is 7.19. The molecule has 31 heavy (non-hydrogen) atoms. The number of aromatic nitrogens is 2. The number of methoxy groups -OCH3 is 1. The quantitative estimate of drug-likeness (QED) is 0.417. The molecule has 4 nitrogen and oxygen atoms in total. The van der Waals surface area contributed by atoms with E-state index >= 15 is 0 Å². The van der Waals surface area contributed by atoms with Crippen molar-refractivity contribution in [1.82, 2.24) is 14.9 Å². The summed E-state index contributed by atoms with van der Waals surface area (Å²) in [6, 6.07) is 23.6. The molecule has 0 radical (unpaired) electrons. The summed E-state index contributed by atoms with van der Waals surface area (Å²) in [5.41, 5.74) is 6.04. The molecule has 5 rings (SSSR count). The molecule has 0 unspecified atom stereocenters. The molecule has 0 bridgehead atoms. The lowest BCUT2D eigenvalue weighted by atomic mass is 10.0. The number of para-hydroxylation sites is 1. The predicted octanol–water partition coefficient (Wildman–Crippen LogP) is 5.57. The molecule has 1 atom stereocenters. The van der Waals surface area contributed by atoms with Gasteiger partial charge in [0.15, 0.2) is 0 Å². The number of rotatable bonds is 6. The van der Waals surface area contributed by atoms with Crippen LogP contribution in [0.15, 0.2) is 79.1 Å². The minimum Gasteiger partial charge on any atom is -0.497 e. The summed E-state index contributed by atoms with van der Waals surface area (Å²) in [7, 11) is 1.71. The summed E-state index contributed by atoms with van der Waals surface area (Å²) in [4.78, 5) is 11.9. The Morgan fingerprint density at radius 3 is 2.77 bits per heavy atom. The highest BCUT2D eigenvalue weighted by atomic mass is 16.5. The van der Waals surface area contributed by atoms with Crippen molar-refractivity contribution >= 4 is 10.9 Å². The van der Waals surface area contributed by atoms with Gasteiger partial charge in [0.2, 0.25) is 0 Å². The fourth-order valence-electron chi connectivity index (χ4n) is 4.62. The Balaban J connectivity index is 1.32. The van der Waals surface area contributed by atoms with E-state index in [1.54, 1.807) is 7.11 Å². The van der Waals surface area contributed by atoms with Crippen LogP contribution in [0.3, 0.4) is 0 Å². The minimum absolute atomic E-state index is 0.373. The van der Waals surface area contributed by atoms with Crippen LogP contribution in [-0.4, -0.2) is 28.5 Å². The first-order valence-electron chi connectivity index (χ1n) is 10.9. The van der Waals surface area contributed by atoms with Gasteiger partial charge in [-0.3, -0.25) is 14.9 Å². The van der Waals surface area contributed by atoms with Gasteiger partial charge in [-0.2, -0.15) is 0 Å². The molecule has 1 aliphatic heterocycles. The van der Waals surface area contributed by atoms with Crippen LogP contribution in [-0.2, 0) is 13.0 Å². The van der Waals surface area contributed by atoms with Crippen molar-refractivity contribution in [1.29, 1.82) is 0 Å². The van der Waals surface area contributed by atoms with E-state index in [4.69, 9.17) is 9.72 Å². The van der Waals surface area contributed by atoms with Gasteiger partial charge in [0.05, 0.1) is 24.4 Å². The molecule has 1 saturated heterocycles. The van der Waals surface area contributed by atoms with Crippen molar-refractivity contribution in [3.05, 3.63) is 102 Å². The molecule has 0 N–H and O–H groups in total. The molecule has 0 aliphatic carbocycles. The molecule has 4 heteroatoms. The third-order valence-electron chi connectivity index (χ3n) is 6.21. The normalized spacial score (nSPS) is 16.6. The largest absolute Gasteiger partial charge is 0.497 e. The molecule has 2 aromatic heterocycles. The zero-order chi connectivity index (χ0) is 21.0. The first-order chi connectivity index (χ1) is 15.3. The standard InChI is InChI=1S/C27H27N3O/c1-31-23-7-4-6-20(17-23)16-21-11-12-26(29-18-21)27-10-5-15-30(27)19-22-13-14-28-25-9-3-2-8-24(22)25/h2-4,6-9,11-14,17-18,27H,5,10,15-16,19H2,1H3/t27-/m0/s1. The summed E-state index contributed by atoms with van der Waals surface area (Å²) in [5, 5.41) is 1.25. The Kier molecular flexibility index (Phi) is 5.63. The van der Waals surface area contributed by atoms with Gasteiger partial charge in [-0.25, -0.2) is 0 Å². The average molecular weight is 410 g/mol. The highest BCUT2D eigenvalue weighted by Crippen LogP contribution is 2.33. The monoisotopic (exact) mass is 409 g/mol. The number of benzene rings is 2. The number of pyridine rings is 2. The van der Waals surface area contributed by atoms with Gasteiger partial charge in [-0.15, -0.1) is 0 Å². The molecule has 0 amide bonds. The van der Waals surface area contributed by atoms with Crippen LogP contribution >= 0.6 is 0 Å². The molecule has 156 valence electrons. The van der Waals surface area contributed by atoms with Crippen molar-refractivity contribution in [2.24, 2.45) is 0 Å². The Bertz CT molecular complexity index is 1170. The summed E-state index contributed by atoms with van der Waals surface area (Å²) < 4.78 is 5.34. The van der Waals surface area contributed by atoms with Crippen LogP contribution < -0.4 is 4.74 Å². The zero-order valence-corrected chi connectivity index (χ0v) is 17.9. The fraction of sp³-hybridized carbons (Fsp3) is 0.259. The first-order valence-corrected chi connectivity index (χ1v) is 10.9. The van der Waals surface area contributed by atoms with Gasteiger partial charge in [-0.1, -0.05) is 36.4 Å². The van der Waals surface area contributed by atoms with Gasteiger partial charge in [0.1, 0.15) is 5.75 Å². The van der Waals surface area contributed by atoms with Crippen molar-refractivity contribution in [2.45, 2.75) is 31.8 Å². The van der Waals surface area contributed by atoms with Crippen molar-refractivity contribution < 1.29 is 4.74 Å². The second-order valence-electron chi connectivity index (χ2n) is 8.24. The number of hydrogen-bond donors (Lipinski definition) is 0. The molecule has 2 aromatic carbocycles. The highest BCUT2D eigenvalue weighted by Gasteiger charge is 2.27. The summed E-state index contributed by atoms with van der Waals surface area (Å²) in [5.74, 6) is 0.896. The SMILES string of the molecule is COc1cccc(Cc2ccc([C@@H]3CCCN3Cc3ccnc4ccccc34)nc2)c1. The molecular formula is C27H27N3O. The van der Waals surface area contributed by atoms with Crippen LogP contribution in [0.2, 0.25) is 0 Å². The Morgan fingerprint density at radius 1 is 0.968 bits per heavy atom. The first kappa shape index (κ1) is 19.7. The van der Waals surface area contributed by atoms with Crippen molar-refractivity contribution in [2.75, 3.05) is 13.7 Å². The van der Waals surface area contributed by atoms with E-state index in [9.17, 15) is 0 Å². The predicted molar refractivity (Wildman–Crippen MR) is 124 cm³/mol. The van der Waals surface area contributed by atoms with Crippen LogP contribution in [0.5, 0.6) is 5.75 Å². The lowest BCUT2D eigenvalue weighted by Crippen LogP contribution is -2.23. The van der Waals surface area contributed by atoms with E-state index in [0.717, 1.165) is 37.2 Å². The van der Waals surface area contributed by atoms with E-state index in [0.29, 0.717) is 6.04 Å². The second-order valence-corrected chi connectivity index (χ2v) is 8.24. The molecule has 3 heterocycles. The number of ether oxygens (including phenoxy) is 1. The molecule has 1 fully saturated rings. The number of hydrogen-bond acceptors (Lipinski definition) is 4. The van der Waals surface area contributed by atoms with Crippen LogP contribution in [0.1, 0.15) is 41.3 Å². The Morgan fingerprint density at radius 2 is 1.90 bits per heavy atom. The lowest BCUT2D eigenvalue weighted by molar-refractivity contribution is 0.245. The molecular weight excluding hydrogens is 382 g/mol. The van der Waals surface area contributed by atoms with Gasteiger partial charge >= 0.3 is 0 Å². The maximum atomic E-state index is 5.34. The van der Waals surface area contributed by atoms with Gasteiger partial charge < -0.3 is 4.74 Å². The Labute approximate surface area is 183 Å². The molecule has 0 spiro atoms. The zero-order valence-electron chi connectivity index (χ0n) is 17.9. The van der Waals surface area contributed by atoms with E-state index < -0.39 is 0 Å². The summed E-state index contributed by atoms with van der Waals surface area (Å²) in [6.45, 7) is 2.04. The van der Waals surface area contributed by atoms with E-state index in [2.05, 4.69) is 64.5 Å². The number of nitrogens with zero attached hydrogens (tertiary/aromatic N) is 3. The van der Waals surface area contributed by atoms with Crippen LogP contribution in [0.25, 0.3) is 10.9 Å². The average Bonchev–Trinajstić information content (AvgIpc) is 3.28. The number of likely N-dealkylation sites (tertiary alicyclic amines) is 1. The number of fused-ring (bicyclic) bond motifs is 1. The van der Waals surface area contributed by atoms with E-state index in [1.807, 2.05) is 24.5 Å². The Hall–Kier alpha value is -3.24. The van der Waals surface area contributed by atoms with Crippen molar-refractivity contribution in [3.8, 4) is 5.75 Å².